The highest BCUT2D eigenvalue weighted by Crippen LogP contribution is 2.39. The standard InChI is InChI=1S/C14H19ClN2O4S2/c1-9(2)7-16-23(20,21)12-6-10(4-5-11(12)15)14(19)8-22-13(18)17(14)3/h4-6,9,16,19H,7-8H2,1-3H3. The van der Waals surface area contributed by atoms with Crippen molar-refractivity contribution in [3.63, 3.8) is 0 Å². The highest BCUT2D eigenvalue weighted by molar-refractivity contribution is 8.13. The molecule has 1 aromatic rings. The van der Waals surface area contributed by atoms with Crippen molar-refractivity contribution in [1.82, 2.24) is 9.62 Å². The van der Waals surface area contributed by atoms with Crippen molar-refractivity contribution >= 4 is 38.6 Å². The van der Waals surface area contributed by atoms with Crippen LogP contribution in [0.2, 0.25) is 5.02 Å². The van der Waals surface area contributed by atoms with Crippen molar-refractivity contribution in [2.75, 3.05) is 19.3 Å². The summed E-state index contributed by atoms with van der Waals surface area (Å²) in [5.41, 5.74) is -1.23. The Morgan fingerprint density at radius 3 is 2.65 bits per heavy atom. The number of hydrogen-bond donors (Lipinski definition) is 2. The third kappa shape index (κ3) is 3.66. The van der Waals surface area contributed by atoms with Gasteiger partial charge in [0, 0.05) is 19.2 Å². The second-order valence-corrected chi connectivity index (χ2v) is 8.89. The van der Waals surface area contributed by atoms with Gasteiger partial charge in [-0.05, 0) is 18.1 Å². The number of benzene rings is 1. The first-order valence-corrected chi connectivity index (χ1v) is 9.85. The van der Waals surface area contributed by atoms with Crippen molar-refractivity contribution in [3.05, 3.63) is 28.8 Å². The molecule has 1 heterocycles. The highest BCUT2D eigenvalue weighted by Gasteiger charge is 2.44. The van der Waals surface area contributed by atoms with Crippen LogP contribution in [0.4, 0.5) is 4.79 Å². The SMILES string of the molecule is CC(C)CNS(=O)(=O)c1cc(C2(O)CSC(=O)N2C)ccc1Cl. The highest BCUT2D eigenvalue weighted by atomic mass is 35.5. The van der Waals surface area contributed by atoms with E-state index in [-0.39, 0.29) is 33.4 Å². The number of rotatable bonds is 5. The molecule has 1 aliphatic heterocycles. The molecule has 2 rings (SSSR count). The number of halogens is 1. The van der Waals surface area contributed by atoms with Crippen LogP contribution in [0.5, 0.6) is 0 Å². The van der Waals surface area contributed by atoms with E-state index in [1.54, 1.807) is 0 Å². The summed E-state index contributed by atoms with van der Waals surface area (Å²) in [4.78, 5) is 12.7. The van der Waals surface area contributed by atoms with E-state index in [0.717, 1.165) is 11.8 Å². The zero-order valence-corrected chi connectivity index (χ0v) is 15.4. The minimum absolute atomic E-state index is 0.0632. The summed E-state index contributed by atoms with van der Waals surface area (Å²) in [5, 5.41) is 10.5. The Balaban J connectivity index is 2.42. The minimum atomic E-state index is -3.80. The van der Waals surface area contributed by atoms with Gasteiger partial charge in [-0.25, -0.2) is 13.1 Å². The van der Waals surface area contributed by atoms with Gasteiger partial charge in [0.15, 0.2) is 5.72 Å². The quantitative estimate of drug-likeness (QED) is 0.820. The molecular formula is C14H19ClN2O4S2. The molecule has 6 nitrogen and oxygen atoms in total. The molecule has 1 aliphatic rings. The molecule has 9 heteroatoms. The number of nitrogens with one attached hydrogen (secondary N) is 1. The van der Waals surface area contributed by atoms with Crippen molar-refractivity contribution in [2.24, 2.45) is 5.92 Å². The zero-order valence-electron chi connectivity index (χ0n) is 13.0. The van der Waals surface area contributed by atoms with Crippen LogP contribution in [-0.4, -0.2) is 43.0 Å². The first-order valence-electron chi connectivity index (χ1n) is 7.00. The lowest BCUT2D eigenvalue weighted by molar-refractivity contribution is -0.0430. The van der Waals surface area contributed by atoms with E-state index in [1.165, 1.54) is 30.1 Å². The molecule has 0 aliphatic carbocycles. The average molecular weight is 379 g/mol. The summed E-state index contributed by atoms with van der Waals surface area (Å²) in [6.45, 7) is 4.06. The molecule has 0 spiro atoms. The smallest absolute Gasteiger partial charge is 0.284 e. The summed E-state index contributed by atoms with van der Waals surface area (Å²) in [7, 11) is -2.32. The summed E-state index contributed by atoms with van der Waals surface area (Å²) < 4.78 is 27.3. The van der Waals surface area contributed by atoms with Gasteiger partial charge in [0.25, 0.3) is 5.24 Å². The zero-order chi connectivity index (χ0) is 17.4. The number of amides is 1. The Morgan fingerprint density at radius 1 is 1.48 bits per heavy atom. The first kappa shape index (κ1) is 18.5. The number of aliphatic hydroxyl groups is 1. The molecule has 1 aromatic carbocycles. The predicted octanol–water partition coefficient (Wildman–Crippen LogP) is 2.22. The van der Waals surface area contributed by atoms with Crippen molar-refractivity contribution in [1.29, 1.82) is 0 Å². The molecule has 1 saturated heterocycles. The van der Waals surface area contributed by atoms with E-state index >= 15 is 0 Å². The second kappa shape index (κ2) is 6.60. The Morgan fingerprint density at radius 2 is 2.13 bits per heavy atom. The Bertz CT molecular complexity index is 723. The van der Waals surface area contributed by atoms with Crippen LogP contribution in [0, 0.1) is 5.92 Å². The fourth-order valence-electron chi connectivity index (χ4n) is 2.10. The molecule has 0 bridgehead atoms. The number of nitrogens with zero attached hydrogens (tertiary/aromatic N) is 1. The largest absolute Gasteiger partial charge is 0.366 e. The maximum Gasteiger partial charge on any atom is 0.284 e. The molecule has 0 radical (unpaired) electrons. The summed E-state index contributed by atoms with van der Waals surface area (Å²) in [5.74, 6) is 0.272. The second-order valence-electron chi connectivity index (χ2n) is 5.82. The van der Waals surface area contributed by atoms with Crippen LogP contribution in [0.25, 0.3) is 0 Å². The fraction of sp³-hybridized carbons (Fsp3) is 0.500. The maximum atomic E-state index is 12.4. The Labute approximate surface area is 145 Å². The van der Waals surface area contributed by atoms with E-state index in [4.69, 9.17) is 11.6 Å². The molecule has 1 amide bonds. The third-order valence-corrected chi connectivity index (χ3v) is 6.56. The van der Waals surface area contributed by atoms with Gasteiger partial charge in [-0.3, -0.25) is 4.79 Å². The van der Waals surface area contributed by atoms with Gasteiger partial charge in [0.1, 0.15) is 4.90 Å². The van der Waals surface area contributed by atoms with Crippen LogP contribution >= 0.6 is 23.4 Å². The molecule has 23 heavy (non-hydrogen) atoms. The Hall–Kier alpha value is -0.800. The van der Waals surface area contributed by atoms with E-state index in [2.05, 4.69) is 4.72 Å². The molecule has 1 unspecified atom stereocenters. The van der Waals surface area contributed by atoms with Crippen molar-refractivity contribution in [2.45, 2.75) is 24.5 Å². The van der Waals surface area contributed by atoms with Crippen LogP contribution in [0.1, 0.15) is 19.4 Å². The van der Waals surface area contributed by atoms with Crippen LogP contribution < -0.4 is 4.72 Å². The lowest BCUT2D eigenvalue weighted by Crippen LogP contribution is -2.42. The Kier molecular flexibility index (Phi) is 5.32. The fourth-order valence-corrected chi connectivity index (χ4v) is 4.86. The minimum Gasteiger partial charge on any atom is -0.366 e. The summed E-state index contributed by atoms with van der Waals surface area (Å²) in [6.07, 6.45) is 0. The van der Waals surface area contributed by atoms with Gasteiger partial charge in [-0.2, -0.15) is 0 Å². The van der Waals surface area contributed by atoms with Crippen LogP contribution in [-0.2, 0) is 15.7 Å². The van der Waals surface area contributed by atoms with Gasteiger partial charge in [0.05, 0.1) is 10.8 Å². The molecule has 2 N–H and O–H groups in total. The lowest BCUT2D eigenvalue weighted by atomic mass is 10.0. The van der Waals surface area contributed by atoms with Gasteiger partial charge in [0.2, 0.25) is 10.0 Å². The van der Waals surface area contributed by atoms with E-state index < -0.39 is 15.7 Å². The molecule has 128 valence electrons. The topological polar surface area (TPSA) is 86.7 Å². The van der Waals surface area contributed by atoms with Crippen molar-refractivity contribution in [3.8, 4) is 0 Å². The van der Waals surface area contributed by atoms with E-state index in [1.807, 2.05) is 13.8 Å². The number of thioether (sulfide) groups is 1. The molecule has 1 fully saturated rings. The molecule has 1 atom stereocenters. The van der Waals surface area contributed by atoms with Crippen LogP contribution in [0.3, 0.4) is 0 Å². The van der Waals surface area contributed by atoms with Gasteiger partial charge >= 0.3 is 0 Å². The van der Waals surface area contributed by atoms with Crippen LogP contribution in [0.15, 0.2) is 23.1 Å². The predicted molar refractivity (Wildman–Crippen MR) is 91.0 cm³/mol. The van der Waals surface area contributed by atoms with Gasteiger partial charge in [-0.1, -0.05) is 43.3 Å². The summed E-state index contributed by atoms with van der Waals surface area (Å²) in [6, 6.07) is 4.26. The normalized spacial score (nSPS) is 22.2. The monoisotopic (exact) mass is 378 g/mol. The molecule has 0 aromatic heterocycles. The van der Waals surface area contributed by atoms with Crippen molar-refractivity contribution < 1.29 is 18.3 Å². The summed E-state index contributed by atoms with van der Waals surface area (Å²) >= 11 is 7.00. The number of carbonyl (C=O) groups excluding carboxylic acids is 1. The molecular weight excluding hydrogens is 360 g/mol. The van der Waals surface area contributed by atoms with Gasteiger partial charge in [-0.15, -0.1) is 0 Å². The molecule has 0 saturated carbocycles. The average Bonchev–Trinajstić information content (AvgIpc) is 2.74. The number of hydrogen-bond acceptors (Lipinski definition) is 5. The third-order valence-electron chi connectivity index (χ3n) is 3.59. The number of sulfonamides is 1. The van der Waals surface area contributed by atoms with E-state index in [0.29, 0.717) is 5.56 Å². The van der Waals surface area contributed by atoms with E-state index in [9.17, 15) is 18.3 Å². The maximum absolute atomic E-state index is 12.4. The first-order chi connectivity index (χ1) is 10.6. The lowest BCUT2D eigenvalue weighted by Gasteiger charge is -2.30. The number of carbonyl (C=O) groups is 1. The van der Waals surface area contributed by atoms with Gasteiger partial charge < -0.3 is 10.0 Å².